The van der Waals surface area contributed by atoms with Crippen LogP contribution in [0.25, 0.3) is 0 Å². The third kappa shape index (κ3) is 5.44. The summed E-state index contributed by atoms with van der Waals surface area (Å²) in [5.41, 5.74) is 5.24. The highest BCUT2D eigenvalue weighted by molar-refractivity contribution is 5.00. The van der Waals surface area contributed by atoms with Crippen LogP contribution in [-0.4, -0.2) is 6.54 Å². The van der Waals surface area contributed by atoms with E-state index in [0.29, 0.717) is 0 Å². The molecule has 0 spiro atoms. The summed E-state index contributed by atoms with van der Waals surface area (Å²) < 4.78 is 0. The highest BCUT2D eigenvalue weighted by atomic mass is 14.5. The van der Waals surface area contributed by atoms with E-state index in [0.717, 1.165) is 13.0 Å². The molecule has 0 saturated heterocycles. The zero-order valence-corrected chi connectivity index (χ0v) is 5.30. The molecule has 0 heterocycles. The van der Waals surface area contributed by atoms with E-state index in [1.165, 1.54) is 0 Å². The SMILES string of the molecule is C/C=C\C=C\CCN. The van der Waals surface area contributed by atoms with E-state index in [1.54, 1.807) is 0 Å². The molecule has 0 unspecified atom stereocenters. The fourth-order valence-electron chi connectivity index (χ4n) is 0.382. The minimum Gasteiger partial charge on any atom is -0.330 e. The van der Waals surface area contributed by atoms with Gasteiger partial charge in [-0.1, -0.05) is 24.3 Å². The van der Waals surface area contributed by atoms with Crippen molar-refractivity contribution in [1.82, 2.24) is 0 Å². The molecule has 46 valence electrons. The van der Waals surface area contributed by atoms with Gasteiger partial charge in [-0.2, -0.15) is 0 Å². The van der Waals surface area contributed by atoms with Gasteiger partial charge in [0.15, 0.2) is 0 Å². The van der Waals surface area contributed by atoms with Crippen LogP contribution in [-0.2, 0) is 0 Å². The summed E-state index contributed by atoms with van der Waals surface area (Å²) >= 11 is 0. The van der Waals surface area contributed by atoms with Crippen LogP contribution in [0.4, 0.5) is 0 Å². The van der Waals surface area contributed by atoms with Crippen molar-refractivity contribution in [1.29, 1.82) is 0 Å². The monoisotopic (exact) mass is 111 g/mol. The molecule has 0 aliphatic rings. The zero-order valence-electron chi connectivity index (χ0n) is 5.30. The number of hydrogen-bond donors (Lipinski definition) is 1. The lowest BCUT2D eigenvalue weighted by Crippen LogP contribution is -1.94. The van der Waals surface area contributed by atoms with E-state index in [4.69, 9.17) is 5.73 Å². The Morgan fingerprint density at radius 3 is 2.62 bits per heavy atom. The fraction of sp³-hybridized carbons (Fsp3) is 0.429. The molecule has 0 saturated carbocycles. The van der Waals surface area contributed by atoms with Crippen molar-refractivity contribution in [2.45, 2.75) is 13.3 Å². The van der Waals surface area contributed by atoms with Crippen LogP contribution in [0.15, 0.2) is 24.3 Å². The second kappa shape index (κ2) is 6.44. The lowest BCUT2D eigenvalue weighted by atomic mass is 10.3. The average molecular weight is 111 g/mol. The van der Waals surface area contributed by atoms with Crippen molar-refractivity contribution >= 4 is 0 Å². The normalized spacial score (nSPS) is 11.8. The van der Waals surface area contributed by atoms with Crippen LogP contribution >= 0.6 is 0 Å². The third-order valence-electron chi connectivity index (χ3n) is 0.773. The molecule has 1 nitrogen and oxygen atoms in total. The lowest BCUT2D eigenvalue weighted by Gasteiger charge is -1.79. The highest BCUT2D eigenvalue weighted by Crippen LogP contribution is 1.79. The van der Waals surface area contributed by atoms with Gasteiger partial charge >= 0.3 is 0 Å². The van der Waals surface area contributed by atoms with E-state index in [2.05, 4.69) is 6.08 Å². The van der Waals surface area contributed by atoms with E-state index in [-0.39, 0.29) is 0 Å². The van der Waals surface area contributed by atoms with Crippen LogP contribution in [0.2, 0.25) is 0 Å². The molecule has 8 heavy (non-hydrogen) atoms. The molecule has 0 atom stereocenters. The van der Waals surface area contributed by atoms with Gasteiger partial charge in [0.25, 0.3) is 0 Å². The van der Waals surface area contributed by atoms with Gasteiger partial charge in [-0.3, -0.25) is 0 Å². The molecule has 0 aliphatic carbocycles. The van der Waals surface area contributed by atoms with Gasteiger partial charge in [0, 0.05) is 0 Å². The fourth-order valence-corrected chi connectivity index (χ4v) is 0.382. The molecule has 0 aliphatic heterocycles. The van der Waals surface area contributed by atoms with E-state index in [9.17, 15) is 0 Å². The van der Waals surface area contributed by atoms with Crippen molar-refractivity contribution in [3.05, 3.63) is 24.3 Å². The van der Waals surface area contributed by atoms with Gasteiger partial charge in [-0.25, -0.2) is 0 Å². The van der Waals surface area contributed by atoms with Crippen LogP contribution in [0, 0.1) is 0 Å². The predicted octanol–water partition coefficient (Wildman–Crippen LogP) is 1.47. The minimum atomic E-state index is 0.744. The summed E-state index contributed by atoms with van der Waals surface area (Å²) in [6.07, 6.45) is 9.03. The Hall–Kier alpha value is -0.560. The summed E-state index contributed by atoms with van der Waals surface area (Å²) in [5.74, 6) is 0. The maximum absolute atomic E-state index is 5.24. The molecule has 0 aromatic carbocycles. The first-order valence-corrected chi connectivity index (χ1v) is 2.89. The Morgan fingerprint density at radius 2 is 2.12 bits per heavy atom. The van der Waals surface area contributed by atoms with Crippen LogP contribution in [0.1, 0.15) is 13.3 Å². The smallest absolute Gasteiger partial charge is 0.00425 e. The summed E-state index contributed by atoms with van der Waals surface area (Å²) in [7, 11) is 0. The molecular weight excluding hydrogens is 98.1 g/mol. The molecule has 0 bridgehead atoms. The molecular formula is C7H13N. The van der Waals surface area contributed by atoms with Crippen molar-refractivity contribution in [3.63, 3.8) is 0 Å². The van der Waals surface area contributed by atoms with E-state index >= 15 is 0 Å². The topological polar surface area (TPSA) is 26.0 Å². The largest absolute Gasteiger partial charge is 0.330 e. The number of nitrogens with two attached hydrogens (primary N) is 1. The van der Waals surface area contributed by atoms with Crippen molar-refractivity contribution < 1.29 is 0 Å². The number of allylic oxidation sites excluding steroid dienone is 3. The molecule has 2 N–H and O–H groups in total. The maximum Gasteiger partial charge on any atom is -0.00425 e. The second-order valence-electron chi connectivity index (χ2n) is 1.53. The minimum absolute atomic E-state index is 0.744. The molecule has 0 aromatic rings. The first-order valence-electron chi connectivity index (χ1n) is 2.89. The molecule has 0 aromatic heterocycles. The Kier molecular flexibility index (Phi) is 5.99. The standard InChI is InChI=1S/C7H13N/c1-2-3-4-5-6-7-8/h2-5H,6-8H2,1H3/b3-2-,5-4+. The summed E-state index contributed by atoms with van der Waals surface area (Å²) in [6, 6.07) is 0. The Bertz CT molecular complexity index is 82.4. The highest BCUT2D eigenvalue weighted by Gasteiger charge is 1.66. The van der Waals surface area contributed by atoms with Crippen molar-refractivity contribution in [2.24, 2.45) is 5.73 Å². The first-order chi connectivity index (χ1) is 3.91. The predicted molar refractivity (Wildman–Crippen MR) is 37.6 cm³/mol. The molecule has 0 amide bonds. The Labute approximate surface area is 50.9 Å². The quantitative estimate of drug-likeness (QED) is 0.548. The van der Waals surface area contributed by atoms with Crippen molar-refractivity contribution in [3.8, 4) is 0 Å². The van der Waals surface area contributed by atoms with E-state index in [1.807, 2.05) is 25.2 Å². The number of hydrogen-bond acceptors (Lipinski definition) is 1. The van der Waals surface area contributed by atoms with Gasteiger partial charge in [0.2, 0.25) is 0 Å². The lowest BCUT2D eigenvalue weighted by molar-refractivity contribution is 1.01. The molecule has 0 fully saturated rings. The Balaban J connectivity index is 3.07. The summed E-state index contributed by atoms with van der Waals surface area (Å²) in [5, 5.41) is 0. The van der Waals surface area contributed by atoms with Gasteiger partial charge in [-0.05, 0) is 19.9 Å². The maximum atomic E-state index is 5.24. The van der Waals surface area contributed by atoms with Crippen LogP contribution in [0.5, 0.6) is 0 Å². The Morgan fingerprint density at radius 1 is 1.38 bits per heavy atom. The summed E-state index contributed by atoms with van der Waals surface area (Å²) in [6.45, 7) is 2.74. The molecule has 1 heteroatoms. The van der Waals surface area contributed by atoms with Gasteiger partial charge in [-0.15, -0.1) is 0 Å². The van der Waals surface area contributed by atoms with Crippen molar-refractivity contribution in [2.75, 3.05) is 6.54 Å². The second-order valence-corrected chi connectivity index (χ2v) is 1.53. The molecule has 0 radical (unpaired) electrons. The van der Waals surface area contributed by atoms with Gasteiger partial charge < -0.3 is 5.73 Å². The summed E-state index contributed by atoms with van der Waals surface area (Å²) in [4.78, 5) is 0. The van der Waals surface area contributed by atoms with Crippen LogP contribution in [0.3, 0.4) is 0 Å². The van der Waals surface area contributed by atoms with E-state index < -0.39 is 0 Å². The number of rotatable bonds is 3. The van der Waals surface area contributed by atoms with Gasteiger partial charge in [0.1, 0.15) is 0 Å². The third-order valence-corrected chi connectivity index (χ3v) is 0.773. The first kappa shape index (κ1) is 7.44. The van der Waals surface area contributed by atoms with Crippen LogP contribution < -0.4 is 5.73 Å². The average Bonchev–Trinajstić information content (AvgIpc) is 1.81. The van der Waals surface area contributed by atoms with Gasteiger partial charge in [0.05, 0.1) is 0 Å². The zero-order chi connectivity index (χ0) is 6.24. The molecule has 0 rings (SSSR count).